The second-order valence-electron chi connectivity index (χ2n) is 3.80. The number of nitrogens with one attached hydrogen (secondary N) is 1. The predicted octanol–water partition coefficient (Wildman–Crippen LogP) is 2.07. The number of aliphatic carboxylic acids is 1. The van der Waals surface area contributed by atoms with Crippen LogP contribution in [0.3, 0.4) is 0 Å². The number of halogens is 1. The summed E-state index contributed by atoms with van der Waals surface area (Å²) in [6.07, 6.45) is 0. The summed E-state index contributed by atoms with van der Waals surface area (Å²) < 4.78 is 13.3. The first kappa shape index (κ1) is 14.0. The molecule has 0 saturated carbocycles. The molecule has 1 aromatic rings. The molecule has 0 spiro atoms. The zero-order chi connectivity index (χ0) is 13.7. The van der Waals surface area contributed by atoms with E-state index in [1.54, 1.807) is 26.0 Å². The summed E-state index contributed by atoms with van der Waals surface area (Å²) >= 11 is 0. The van der Waals surface area contributed by atoms with Gasteiger partial charge >= 0.3 is 12.0 Å². The van der Waals surface area contributed by atoms with Gasteiger partial charge in [-0.05, 0) is 31.5 Å². The molecule has 0 heterocycles. The molecule has 0 atom stereocenters. The minimum absolute atomic E-state index is 0.256. The highest BCUT2D eigenvalue weighted by molar-refractivity contribution is 5.91. The molecule has 6 heteroatoms. The van der Waals surface area contributed by atoms with E-state index in [1.165, 1.54) is 6.07 Å². The van der Waals surface area contributed by atoms with Crippen LogP contribution in [0.25, 0.3) is 0 Å². The number of urea groups is 1. The van der Waals surface area contributed by atoms with E-state index in [4.69, 9.17) is 5.11 Å². The second kappa shape index (κ2) is 6.00. The molecule has 0 aliphatic carbocycles. The SMILES string of the molecule is CCN(CC(=O)O)C(=O)Nc1ccc(C)c(F)c1. The van der Waals surface area contributed by atoms with Gasteiger partial charge < -0.3 is 15.3 Å². The van der Waals surface area contributed by atoms with Crippen LogP contribution in [0.5, 0.6) is 0 Å². The Morgan fingerprint density at radius 2 is 2.11 bits per heavy atom. The minimum Gasteiger partial charge on any atom is -0.480 e. The van der Waals surface area contributed by atoms with Crippen LogP contribution in [0, 0.1) is 12.7 Å². The molecule has 18 heavy (non-hydrogen) atoms. The van der Waals surface area contributed by atoms with Gasteiger partial charge in [-0.25, -0.2) is 9.18 Å². The lowest BCUT2D eigenvalue weighted by molar-refractivity contribution is -0.137. The van der Waals surface area contributed by atoms with E-state index in [2.05, 4.69) is 5.32 Å². The molecule has 98 valence electrons. The highest BCUT2D eigenvalue weighted by Crippen LogP contribution is 2.14. The lowest BCUT2D eigenvalue weighted by atomic mass is 10.2. The van der Waals surface area contributed by atoms with Crippen LogP contribution >= 0.6 is 0 Å². The van der Waals surface area contributed by atoms with E-state index < -0.39 is 24.4 Å². The molecule has 2 N–H and O–H groups in total. The van der Waals surface area contributed by atoms with Gasteiger partial charge in [0.1, 0.15) is 12.4 Å². The molecule has 0 aromatic heterocycles. The topological polar surface area (TPSA) is 69.6 Å². The molecule has 2 amide bonds. The van der Waals surface area contributed by atoms with Crippen LogP contribution in [0.4, 0.5) is 14.9 Å². The van der Waals surface area contributed by atoms with Crippen molar-refractivity contribution in [3.05, 3.63) is 29.6 Å². The average Bonchev–Trinajstić information content (AvgIpc) is 2.30. The Morgan fingerprint density at radius 3 is 2.61 bits per heavy atom. The number of rotatable bonds is 4. The number of likely N-dealkylation sites (N-methyl/N-ethyl adjacent to an activating group) is 1. The van der Waals surface area contributed by atoms with E-state index >= 15 is 0 Å². The smallest absolute Gasteiger partial charge is 0.323 e. The number of hydrogen-bond donors (Lipinski definition) is 2. The highest BCUT2D eigenvalue weighted by Gasteiger charge is 2.15. The molecular formula is C12H15FN2O3. The number of benzene rings is 1. The van der Waals surface area contributed by atoms with Crippen molar-refractivity contribution in [1.29, 1.82) is 0 Å². The van der Waals surface area contributed by atoms with Gasteiger partial charge in [0, 0.05) is 12.2 Å². The monoisotopic (exact) mass is 254 g/mol. The number of carboxylic acids is 1. The van der Waals surface area contributed by atoms with Gasteiger partial charge in [0.05, 0.1) is 0 Å². The summed E-state index contributed by atoms with van der Waals surface area (Å²) in [5, 5.41) is 11.1. The lowest BCUT2D eigenvalue weighted by Crippen LogP contribution is -2.38. The van der Waals surface area contributed by atoms with Crippen molar-refractivity contribution in [2.75, 3.05) is 18.4 Å². The fourth-order valence-corrected chi connectivity index (χ4v) is 1.36. The lowest BCUT2D eigenvalue weighted by Gasteiger charge is -2.19. The van der Waals surface area contributed by atoms with E-state index in [1.807, 2.05) is 0 Å². The average molecular weight is 254 g/mol. The Balaban J connectivity index is 2.73. The highest BCUT2D eigenvalue weighted by atomic mass is 19.1. The second-order valence-corrected chi connectivity index (χ2v) is 3.80. The van der Waals surface area contributed by atoms with E-state index in [-0.39, 0.29) is 6.54 Å². The van der Waals surface area contributed by atoms with Crippen LogP contribution in [0.1, 0.15) is 12.5 Å². The van der Waals surface area contributed by atoms with Gasteiger partial charge in [0.15, 0.2) is 0 Å². The Labute approximate surface area is 104 Å². The number of nitrogens with zero attached hydrogens (tertiary/aromatic N) is 1. The molecule has 0 fully saturated rings. The largest absolute Gasteiger partial charge is 0.480 e. The molecule has 5 nitrogen and oxygen atoms in total. The third-order valence-corrected chi connectivity index (χ3v) is 2.42. The van der Waals surface area contributed by atoms with Crippen molar-refractivity contribution in [3.8, 4) is 0 Å². The summed E-state index contributed by atoms with van der Waals surface area (Å²) in [6, 6.07) is 3.73. The van der Waals surface area contributed by atoms with Crippen molar-refractivity contribution in [1.82, 2.24) is 4.90 Å². The van der Waals surface area contributed by atoms with Gasteiger partial charge in [-0.15, -0.1) is 0 Å². The normalized spacial score (nSPS) is 9.94. The summed E-state index contributed by atoms with van der Waals surface area (Å²) in [6.45, 7) is 3.14. The molecule has 0 saturated heterocycles. The molecule has 0 aliphatic heterocycles. The third-order valence-electron chi connectivity index (χ3n) is 2.42. The first-order valence-corrected chi connectivity index (χ1v) is 5.48. The Morgan fingerprint density at radius 1 is 1.44 bits per heavy atom. The van der Waals surface area contributed by atoms with Crippen molar-refractivity contribution < 1.29 is 19.1 Å². The van der Waals surface area contributed by atoms with Gasteiger partial charge in [-0.2, -0.15) is 0 Å². The first-order chi connectivity index (χ1) is 8.43. The molecule has 0 aliphatic rings. The molecular weight excluding hydrogens is 239 g/mol. The van der Waals surface area contributed by atoms with Gasteiger partial charge in [0.25, 0.3) is 0 Å². The first-order valence-electron chi connectivity index (χ1n) is 5.48. The predicted molar refractivity (Wildman–Crippen MR) is 65.0 cm³/mol. The van der Waals surface area contributed by atoms with E-state index in [0.717, 1.165) is 4.90 Å². The molecule has 0 unspecified atom stereocenters. The maximum absolute atomic E-state index is 13.3. The van der Waals surface area contributed by atoms with Gasteiger partial charge in [0.2, 0.25) is 0 Å². The number of hydrogen-bond acceptors (Lipinski definition) is 2. The van der Waals surface area contributed by atoms with Crippen LogP contribution in [-0.2, 0) is 4.79 Å². The van der Waals surface area contributed by atoms with Gasteiger partial charge in [-0.3, -0.25) is 4.79 Å². The number of carbonyl (C=O) groups excluding carboxylic acids is 1. The summed E-state index contributed by atoms with van der Waals surface area (Å²) in [5.41, 5.74) is 0.776. The molecule has 0 radical (unpaired) electrons. The number of anilines is 1. The van der Waals surface area contributed by atoms with Gasteiger partial charge in [-0.1, -0.05) is 6.07 Å². The number of amides is 2. The number of carboxylic acid groups (broad SMARTS) is 1. The molecule has 1 rings (SSSR count). The minimum atomic E-state index is -1.10. The Bertz CT molecular complexity index is 463. The van der Waals surface area contributed by atoms with Crippen LogP contribution in [0.15, 0.2) is 18.2 Å². The Kier molecular flexibility index (Phi) is 4.65. The number of carbonyl (C=O) groups is 2. The molecule has 1 aromatic carbocycles. The maximum Gasteiger partial charge on any atom is 0.323 e. The van der Waals surface area contributed by atoms with Crippen LogP contribution in [-0.4, -0.2) is 35.1 Å². The quantitative estimate of drug-likeness (QED) is 0.864. The summed E-state index contributed by atoms with van der Waals surface area (Å²) in [5.74, 6) is -1.52. The summed E-state index contributed by atoms with van der Waals surface area (Å²) in [4.78, 5) is 23.4. The van der Waals surface area contributed by atoms with E-state index in [0.29, 0.717) is 11.3 Å². The van der Waals surface area contributed by atoms with Crippen molar-refractivity contribution in [2.24, 2.45) is 0 Å². The van der Waals surface area contributed by atoms with Crippen LogP contribution in [0.2, 0.25) is 0 Å². The standard InChI is InChI=1S/C12H15FN2O3/c1-3-15(7-11(16)17)12(18)14-9-5-4-8(2)10(13)6-9/h4-6H,3,7H2,1-2H3,(H,14,18)(H,16,17). The zero-order valence-electron chi connectivity index (χ0n) is 10.2. The maximum atomic E-state index is 13.3. The van der Waals surface area contributed by atoms with Crippen molar-refractivity contribution in [2.45, 2.75) is 13.8 Å². The molecule has 0 bridgehead atoms. The van der Waals surface area contributed by atoms with Crippen molar-refractivity contribution in [3.63, 3.8) is 0 Å². The Hall–Kier alpha value is -2.11. The van der Waals surface area contributed by atoms with Crippen LogP contribution < -0.4 is 5.32 Å². The summed E-state index contributed by atoms with van der Waals surface area (Å²) in [7, 11) is 0. The number of aryl methyl sites for hydroxylation is 1. The fraction of sp³-hybridized carbons (Fsp3) is 0.333. The fourth-order valence-electron chi connectivity index (χ4n) is 1.36. The third kappa shape index (κ3) is 3.73. The van der Waals surface area contributed by atoms with E-state index in [9.17, 15) is 14.0 Å². The van der Waals surface area contributed by atoms with Crippen molar-refractivity contribution >= 4 is 17.7 Å². The zero-order valence-corrected chi connectivity index (χ0v) is 10.2.